The minimum atomic E-state index is -3.63. The summed E-state index contributed by atoms with van der Waals surface area (Å²) in [6, 6.07) is 25.5. The number of para-hydroxylation sites is 1. The van der Waals surface area contributed by atoms with Gasteiger partial charge in [-0.1, -0.05) is 48.5 Å². The van der Waals surface area contributed by atoms with Crippen molar-refractivity contribution in [2.45, 2.75) is 23.6 Å². The van der Waals surface area contributed by atoms with Crippen molar-refractivity contribution in [1.82, 2.24) is 0 Å². The van der Waals surface area contributed by atoms with Crippen molar-refractivity contribution in [1.29, 1.82) is 0 Å². The zero-order valence-electron chi connectivity index (χ0n) is 16.9. The third-order valence-electron chi connectivity index (χ3n) is 4.47. The van der Waals surface area contributed by atoms with Crippen molar-refractivity contribution in [3.05, 3.63) is 90.5 Å². The third-order valence-corrected chi connectivity index (χ3v) is 6.79. The van der Waals surface area contributed by atoms with Crippen LogP contribution in [0.25, 0.3) is 0 Å². The van der Waals surface area contributed by atoms with E-state index in [-0.39, 0.29) is 0 Å². The Morgan fingerprint density at radius 3 is 2.07 bits per heavy atom. The minimum Gasteiger partial charge on any atom is -0.324 e. The van der Waals surface area contributed by atoms with E-state index in [9.17, 15) is 13.2 Å². The lowest BCUT2D eigenvalue weighted by Crippen LogP contribution is -2.45. The molecule has 1 N–H and O–H groups in total. The van der Waals surface area contributed by atoms with Gasteiger partial charge in [0, 0.05) is 16.3 Å². The molecule has 3 rings (SSSR count). The van der Waals surface area contributed by atoms with Crippen LogP contribution in [0.1, 0.15) is 12.5 Å². The van der Waals surface area contributed by atoms with Gasteiger partial charge in [0.25, 0.3) is 0 Å². The number of hydrogen-bond acceptors (Lipinski definition) is 4. The lowest BCUT2D eigenvalue weighted by Gasteiger charge is -2.28. The van der Waals surface area contributed by atoms with Crippen LogP contribution >= 0.6 is 11.8 Å². The number of nitrogens with zero attached hydrogens (tertiary/aromatic N) is 1. The fraction of sp³-hybridized carbons (Fsp3) is 0.174. The van der Waals surface area contributed by atoms with Gasteiger partial charge in [-0.3, -0.25) is 9.10 Å². The van der Waals surface area contributed by atoms with Crippen molar-refractivity contribution < 1.29 is 13.2 Å². The summed E-state index contributed by atoms with van der Waals surface area (Å²) in [6.07, 6.45) is 1.10. The first-order valence-electron chi connectivity index (χ1n) is 9.47. The molecule has 0 aromatic heterocycles. The lowest BCUT2D eigenvalue weighted by molar-refractivity contribution is -0.116. The molecule has 0 saturated heterocycles. The number of nitrogens with one attached hydrogen (secondary N) is 1. The fourth-order valence-electron chi connectivity index (χ4n) is 3.00. The standard InChI is InChI=1S/C23H24N2O3S2/c1-18(25(30(2,27)28)21-9-5-3-6-10-21)23(26)24-20-15-13-19(14-16-20)17-29-22-11-7-4-8-12-22/h3-16,18H,17H2,1-2H3,(H,24,26)/t18-/m1/s1. The number of carbonyl (C=O) groups excluding carboxylic acids is 1. The van der Waals surface area contributed by atoms with E-state index in [0.29, 0.717) is 11.4 Å². The van der Waals surface area contributed by atoms with Gasteiger partial charge in [-0.15, -0.1) is 11.8 Å². The smallest absolute Gasteiger partial charge is 0.247 e. The molecular weight excluding hydrogens is 416 g/mol. The largest absolute Gasteiger partial charge is 0.324 e. The summed E-state index contributed by atoms with van der Waals surface area (Å²) in [7, 11) is -3.63. The summed E-state index contributed by atoms with van der Waals surface area (Å²) in [5, 5.41) is 2.81. The molecule has 0 saturated carbocycles. The molecule has 0 radical (unpaired) electrons. The van der Waals surface area contributed by atoms with Crippen LogP contribution in [0.4, 0.5) is 11.4 Å². The molecule has 3 aromatic rings. The number of amides is 1. The molecule has 7 heteroatoms. The molecular formula is C23H24N2O3S2. The molecule has 5 nitrogen and oxygen atoms in total. The number of benzene rings is 3. The number of sulfonamides is 1. The Kier molecular flexibility index (Phi) is 7.18. The third kappa shape index (κ3) is 5.87. The first-order valence-corrected chi connectivity index (χ1v) is 12.3. The highest BCUT2D eigenvalue weighted by Gasteiger charge is 2.29. The van der Waals surface area contributed by atoms with Gasteiger partial charge in [0.2, 0.25) is 15.9 Å². The Labute approximate surface area is 182 Å². The van der Waals surface area contributed by atoms with Crippen LogP contribution < -0.4 is 9.62 Å². The van der Waals surface area contributed by atoms with Gasteiger partial charge in [-0.25, -0.2) is 8.42 Å². The van der Waals surface area contributed by atoms with Gasteiger partial charge in [0.1, 0.15) is 6.04 Å². The average molecular weight is 441 g/mol. The molecule has 0 spiro atoms. The SMILES string of the molecule is C[C@H](C(=O)Nc1ccc(CSc2ccccc2)cc1)N(c1ccccc1)S(C)(=O)=O. The summed E-state index contributed by atoms with van der Waals surface area (Å²) in [5.74, 6) is 0.431. The highest BCUT2D eigenvalue weighted by molar-refractivity contribution is 7.98. The van der Waals surface area contributed by atoms with E-state index < -0.39 is 22.0 Å². The van der Waals surface area contributed by atoms with E-state index >= 15 is 0 Å². The first-order chi connectivity index (χ1) is 14.3. The Morgan fingerprint density at radius 2 is 1.50 bits per heavy atom. The Hall–Kier alpha value is -2.77. The van der Waals surface area contributed by atoms with Crippen molar-refractivity contribution in [3.63, 3.8) is 0 Å². The maximum absolute atomic E-state index is 12.7. The van der Waals surface area contributed by atoms with E-state index in [2.05, 4.69) is 17.4 Å². The Morgan fingerprint density at radius 1 is 0.933 bits per heavy atom. The molecule has 0 aliphatic heterocycles. The summed E-state index contributed by atoms with van der Waals surface area (Å²) in [6.45, 7) is 1.58. The first kappa shape index (κ1) is 21.9. The topological polar surface area (TPSA) is 66.5 Å². The fourth-order valence-corrected chi connectivity index (χ4v) is 5.05. The number of rotatable bonds is 8. The van der Waals surface area contributed by atoms with Crippen LogP contribution in [-0.4, -0.2) is 26.6 Å². The van der Waals surface area contributed by atoms with Crippen LogP contribution in [-0.2, 0) is 20.6 Å². The van der Waals surface area contributed by atoms with Crippen molar-refractivity contribution in [2.24, 2.45) is 0 Å². The zero-order chi connectivity index (χ0) is 21.6. The Bertz CT molecular complexity index is 1070. The average Bonchev–Trinajstić information content (AvgIpc) is 2.74. The van der Waals surface area contributed by atoms with Gasteiger partial charge in [-0.2, -0.15) is 0 Å². The second kappa shape index (κ2) is 9.82. The predicted octanol–water partition coefficient (Wildman–Crippen LogP) is 4.77. The van der Waals surface area contributed by atoms with E-state index in [0.717, 1.165) is 21.9 Å². The van der Waals surface area contributed by atoms with Gasteiger partial charge >= 0.3 is 0 Å². The molecule has 1 atom stereocenters. The van der Waals surface area contributed by atoms with E-state index in [1.54, 1.807) is 49.0 Å². The number of thioether (sulfide) groups is 1. The van der Waals surface area contributed by atoms with Crippen LogP contribution in [0.5, 0.6) is 0 Å². The molecule has 156 valence electrons. The quantitative estimate of drug-likeness (QED) is 0.512. The molecule has 0 heterocycles. The van der Waals surface area contributed by atoms with Crippen molar-refractivity contribution >= 4 is 39.1 Å². The van der Waals surface area contributed by atoms with Crippen LogP contribution in [0, 0.1) is 0 Å². The summed E-state index contributed by atoms with van der Waals surface area (Å²) < 4.78 is 25.7. The molecule has 3 aromatic carbocycles. The highest BCUT2D eigenvalue weighted by atomic mass is 32.2. The molecule has 0 bridgehead atoms. The van der Waals surface area contributed by atoms with Gasteiger partial charge < -0.3 is 5.32 Å². The normalized spacial score (nSPS) is 12.2. The van der Waals surface area contributed by atoms with Gasteiger partial charge in [-0.05, 0) is 48.9 Å². The van der Waals surface area contributed by atoms with Crippen molar-refractivity contribution in [2.75, 3.05) is 15.9 Å². The predicted molar refractivity (Wildman–Crippen MR) is 124 cm³/mol. The van der Waals surface area contributed by atoms with Crippen LogP contribution in [0.2, 0.25) is 0 Å². The number of hydrogen-bond donors (Lipinski definition) is 1. The summed E-state index contributed by atoms with van der Waals surface area (Å²) in [5.41, 5.74) is 2.22. The zero-order valence-corrected chi connectivity index (χ0v) is 18.5. The summed E-state index contributed by atoms with van der Waals surface area (Å²) in [4.78, 5) is 13.9. The minimum absolute atomic E-state index is 0.393. The number of carbonyl (C=O) groups is 1. The van der Waals surface area contributed by atoms with E-state index in [4.69, 9.17) is 0 Å². The Balaban J connectivity index is 1.65. The molecule has 1 amide bonds. The molecule has 0 aliphatic carbocycles. The number of anilines is 2. The molecule has 0 aliphatic rings. The second-order valence-corrected chi connectivity index (χ2v) is 9.77. The van der Waals surface area contributed by atoms with Crippen LogP contribution in [0.15, 0.2) is 89.8 Å². The summed E-state index contributed by atoms with van der Waals surface area (Å²) >= 11 is 1.74. The molecule has 0 fully saturated rings. The van der Waals surface area contributed by atoms with E-state index in [1.807, 2.05) is 42.5 Å². The lowest BCUT2D eigenvalue weighted by atomic mass is 10.2. The van der Waals surface area contributed by atoms with Gasteiger partial charge in [0.05, 0.1) is 11.9 Å². The van der Waals surface area contributed by atoms with Crippen molar-refractivity contribution in [3.8, 4) is 0 Å². The monoisotopic (exact) mass is 440 g/mol. The second-order valence-electron chi connectivity index (χ2n) is 6.86. The van der Waals surface area contributed by atoms with Gasteiger partial charge in [0.15, 0.2) is 0 Å². The van der Waals surface area contributed by atoms with E-state index in [1.165, 1.54) is 4.90 Å². The highest BCUT2D eigenvalue weighted by Crippen LogP contribution is 2.24. The maximum atomic E-state index is 12.7. The molecule has 30 heavy (non-hydrogen) atoms. The van der Waals surface area contributed by atoms with Crippen LogP contribution in [0.3, 0.4) is 0 Å². The molecule has 0 unspecified atom stereocenters. The maximum Gasteiger partial charge on any atom is 0.247 e.